The highest BCUT2D eigenvalue weighted by atomic mass is 35.5. The number of rotatable bonds is 4. The number of aromatic carboxylic acids is 1. The van der Waals surface area contributed by atoms with Crippen molar-refractivity contribution < 1.29 is 14.7 Å². The van der Waals surface area contributed by atoms with Gasteiger partial charge >= 0.3 is 12.0 Å². The van der Waals surface area contributed by atoms with Crippen molar-refractivity contribution in [2.45, 2.75) is 6.54 Å². The minimum Gasteiger partial charge on any atom is -0.476 e. The van der Waals surface area contributed by atoms with Gasteiger partial charge in [-0.25, -0.2) is 14.6 Å². The van der Waals surface area contributed by atoms with Crippen LogP contribution in [0.5, 0.6) is 0 Å². The lowest BCUT2D eigenvalue weighted by Crippen LogP contribution is -2.28. The summed E-state index contributed by atoms with van der Waals surface area (Å²) in [5.41, 5.74) is 0.453. The molecular formula is C12H9Cl2N3O3S. The second kappa shape index (κ2) is 6.75. The molecule has 0 radical (unpaired) electrons. The lowest BCUT2D eigenvalue weighted by atomic mass is 10.3. The third kappa shape index (κ3) is 4.32. The zero-order valence-electron chi connectivity index (χ0n) is 10.4. The quantitative estimate of drug-likeness (QED) is 0.791. The summed E-state index contributed by atoms with van der Waals surface area (Å²) in [7, 11) is 0. The number of hydrogen-bond donors (Lipinski definition) is 3. The molecule has 3 N–H and O–H groups in total. The molecule has 0 aliphatic heterocycles. The predicted octanol–water partition coefficient (Wildman–Crippen LogP) is 3.47. The summed E-state index contributed by atoms with van der Waals surface area (Å²) in [6, 6.07) is 4.25. The van der Waals surface area contributed by atoms with Crippen LogP contribution < -0.4 is 10.6 Å². The van der Waals surface area contributed by atoms with Crippen LogP contribution in [0.3, 0.4) is 0 Å². The lowest BCUT2D eigenvalue weighted by molar-refractivity contribution is 0.0691. The maximum atomic E-state index is 11.7. The number of benzene rings is 1. The van der Waals surface area contributed by atoms with Gasteiger partial charge in [-0.1, -0.05) is 23.2 Å². The van der Waals surface area contributed by atoms with Crippen molar-refractivity contribution in [3.63, 3.8) is 0 Å². The molecule has 2 amide bonds. The molecule has 1 aromatic carbocycles. The van der Waals surface area contributed by atoms with Crippen LogP contribution >= 0.6 is 34.5 Å². The zero-order chi connectivity index (χ0) is 15.4. The Morgan fingerprint density at radius 3 is 2.67 bits per heavy atom. The number of carboxylic acids is 1. The number of nitrogens with one attached hydrogen (secondary N) is 2. The number of carbonyl (C=O) groups is 2. The normalized spacial score (nSPS) is 10.2. The number of halogens is 2. The largest absolute Gasteiger partial charge is 0.476 e. The molecule has 0 spiro atoms. The Labute approximate surface area is 133 Å². The molecule has 21 heavy (non-hydrogen) atoms. The highest BCUT2D eigenvalue weighted by molar-refractivity contribution is 7.09. The first-order valence-electron chi connectivity index (χ1n) is 5.63. The molecule has 0 saturated heterocycles. The van der Waals surface area contributed by atoms with Gasteiger partial charge in [0.15, 0.2) is 5.69 Å². The number of carboxylic acid groups (broad SMARTS) is 1. The molecular weight excluding hydrogens is 337 g/mol. The number of hydrogen-bond acceptors (Lipinski definition) is 4. The Bertz CT molecular complexity index is 690. The fraction of sp³-hybridized carbons (Fsp3) is 0.0833. The molecule has 0 aliphatic rings. The van der Waals surface area contributed by atoms with E-state index in [4.69, 9.17) is 28.3 Å². The van der Waals surface area contributed by atoms with Crippen molar-refractivity contribution in [1.29, 1.82) is 0 Å². The first-order valence-corrected chi connectivity index (χ1v) is 7.27. The maximum Gasteiger partial charge on any atom is 0.355 e. The fourth-order valence-corrected chi connectivity index (χ4v) is 2.40. The van der Waals surface area contributed by atoms with Gasteiger partial charge in [0.25, 0.3) is 0 Å². The Morgan fingerprint density at radius 2 is 2.05 bits per heavy atom. The molecule has 0 fully saturated rings. The van der Waals surface area contributed by atoms with Crippen LogP contribution in [0.1, 0.15) is 15.5 Å². The van der Waals surface area contributed by atoms with E-state index in [2.05, 4.69) is 15.6 Å². The van der Waals surface area contributed by atoms with Gasteiger partial charge in [-0.3, -0.25) is 0 Å². The summed E-state index contributed by atoms with van der Waals surface area (Å²) in [6.07, 6.45) is 0. The Balaban J connectivity index is 1.89. The van der Waals surface area contributed by atoms with Crippen LogP contribution in [0.15, 0.2) is 23.6 Å². The average molecular weight is 346 g/mol. The predicted molar refractivity (Wildman–Crippen MR) is 81.4 cm³/mol. The third-order valence-electron chi connectivity index (χ3n) is 2.35. The molecule has 0 atom stereocenters. The van der Waals surface area contributed by atoms with Crippen molar-refractivity contribution in [3.05, 3.63) is 44.3 Å². The summed E-state index contributed by atoms with van der Waals surface area (Å²) in [6.45, 7) is 0.130. The van der Waals surface area contributed by atoms with Gasteiger partial charge in [0.1, 0.15) is 5.01 Å². The monoisotopic (exact) mass is 345 g/mol. The molecule has 110 valence electrons. The number of carbonyl (C=O) groups excluding carboxylic acids is 1. The molecule has 0 bridgehead atoms. The van der Waals surface area contributed by atoms with Crippen molar-refractivity contribution in [3.8, 4) is 0 Å². The summed E-state index contributed by atoms with van der Waals surface area (Å²) in [5, 5.41) is 16.5. The molecule has 1 heterocycles. The first kappa shape index (κ1) is 15.6. The Kier molecular flexibility index (Phi) is 5.00. The van der Waals surface area contributed by atoms with Crippen molar-refractivity contribution in [1.82, 2.24) is 10.3 Å². The number of urea groups is 1. The minimum atomic E-state index is -1.10. The van der Waals surface area contributed by atoms with Gasteiger partial charge in [0.05, 0.1) is 16.6 Å². The van der Waals surface area contributed by atoms with Crippen LogP contribution in [0, 0.1) is 0 Å². The number of amides is 2. The molecule has 6 nitrogen and oxygen atoms in total. The number of anilines is 1. The second-order valence-corrected chi connectivity index (χ2v) is 5.63. The third-order valence-corrected chi connectivity index (χ3v) is 3.94. The highest BCUT2D eigenvalue weighted by Gasteiger charge is 2.09. The van der Waals surface area contributed by atoms with Gasteiger partial charge in [0.2, 0.25) is 0 Å². The second-order valence-electron chi connectivity index (χ2n) is 3.87. The number of nitrogens with zero attached hydrogens (tertiary/aromatic N) is 1. The van der Waals surface area contributed by atoms with E-state index >= 15 is 0 Å². The van der Waals surface area contributed by atoms with Gasteiger partial charge in [-0.15, -0.1) is 11.3 Å². The van der Waals surface area contributed by atoms with Crippen LogP contribution in [-0.2, 0) is 6.54 Å². The van der Waals surface area contributed by atoms with E-state index in [1.807, 2.05) is 0 Å². The van der Waals surface area contributed by atoms with E-state index in [9.17, 15) is 9.59 Å². The van der Waals surface area contributed by atoms with E-state index in [1.165, 1.54) is 11.4 Å². The van der Waals surface area contributed by atoms with Crippen molar-refractivity contribution in [2.24, 2.45) is 0 Å². The molecule has 9 heteroatoms. The van der Waals surface area contributed by atoms with Gasteiger partial charge in [0, 0.05) is 11.1 Å². The lowest BCUT2D eigenvalue weighted by Gasteiger charge is -2.07. The standard InChI is InChI=1S/C12H9Cl2N3O3S/c13-7-2-1-6(3-8(7)14)16-12(20)15-4-10-17-9(5-21-10)11(18)19/h1-3,5H,4H2,(H,18,19)(H2,15,16,20). The molecule has 0 unspecified atom stereocenters. The molecule has 2 aromatic rings. The summed E-state index contributed by atoms with van der Waals surface area (Å²) in [4.78, 5) is 26.2. The van der Waals surface area contributed by atoms with Gasteiger partial charge in [-0.05, 0) is 18.2 Å². The summed E-state index contributed by atoms with van der Waals surface area (Å²) < 4.78 is 0. The van der Waals surface area contributed by atoms with Crippen LogP contribution in [-0.4, -0.2) is 22.1 Å². The van der Waals surface area contributed by atoms with E-state index in [-0.39, 0.29) is 12.2 Å². The Hall–Kier alpha value is -1.83. The molecule has 1 aromatic heterocycles. The SMILES string of the molecule is O=C(NCc1nc(C(=O)O)cs1)Nc1ccc(Cl)c(Cl)c1. The first-order chi connectivity index (χ1) is 9.95. The van der Waals surface area contributed by atoms with Crippen LogP contribution in [0.4, 0.5) is 10.5 Å². The van der Waals surface area contributed by atoms with E-state index < -0.39 is 12.0 Å². The van der Waals surface area contributed by atoms with Crippen LogP contribution in [0.25, 0.3) is 0 Å². The highest BCUT2D eigenvalue weighted by Crippen LogP contribution is 2.24. The van der Waals surface area contributed by atoms with E-state index in [1.54, 1.807) is 12.1 Å². The van der Waals surface area contributed by atoms with Crippen molar-refractivity contribution in [2.75, 3.05) is 5.32 Å². The van der Waals surface area contributed by atoms with Gasteiger partial charge < -0.3 is 15.7 Å². The molecule has 0 saturated carbocycles. The number of thiazole rings is 1. The van der Waals surface area contributed by atoms with E-state index in [0.29, 0.717) is 20.7 Å². The Morgan fingerprint density at radius 1 is 1.29 bits per heavy atom. The minimum absolute atomic E-state index is 0.0401. The summed E-state index contributed by atoms with van der Waals surface area (Å²) >= 11 is 12.8. The van der Waals surface area contributed by atoms with Crippen LogP contribution in [0.2, 0.25) is 10.0 Å². The zero-order valence-corrected chi connectivity index (χ0v) is 12.7. The smallest absolute Gasteiger partial charge is 0.355 e. The average Bonchev–Trinajstić information content (AvgIpc) is 2.90. The van der Waals surface area contributed by atoms with E-state index in [0.717, 1.165) is 11.3 Å². The number of aromatic nitrogens is 1. The fourth-order valence-electron chi connectivity index (χ4n) is 1.40. The van der Waals surface area contributed by atoms with Gasteiger partial charge in [-0.2, -0.15) is 0 Å². The topological polar surface area (TPSA) is 91.3 Å². The maximum absolute atomic E-state index is 11.7. The van der Waals surface area contributed by atoms with Crippen molar-refractivity contribution >= 4 is 52.2 Å². The molecule has 0 aliphatic carbocycles. The summed E-state index contributed by atoms with van der Waals surface area (Å²) in [5.74, 6) is -1.10. The molecule has 2 rings (SSSR count).